The van der Waals surface area contributed by atoms with Crippen molar-refractivity contribution in [3.63, 3.8) is 0 Å². The van der Waals surface area contributed by atoms with Crippen LogP contribution < -0.4 is 20.5 Å². The van der Waals surface area contributed by atoms with E-state index in [1.807, 2.05) is 32.0 Å². The van der Waals surface area contributed by atoms with E-state index in [0.717, 1.165) is 5.56 Å². The summed E-state index contributed by atoms with van der Waals surface area (Å²) in [4.78, 5) is 60.7. The van der Waals surface area contributed by atoms with Crippen molar-refractivity contribution >= 4 is 34.5 Å². The minimum Gasteiger partial charge on any atom is -0.477 e. The zero-order valence-corrected chi connectivity index (χ0v) is 49.9. The van der Waals surface area contributed by atoms with Gasteiger partial charge in [-0.1, -0.05) is 32.9 Å². The highest BCUT2D eigenvalue weighted by Crippen LogP contribution is 2.42. The molecule has 0 radical (unpaired) electrons. The maximum Gasteiger partial charge on any atom is 0.341 e. The number of hydrogen-bond acceptors (Lipinski definition) is 22. The lowest BCUT2D eigenvalue weighted by molar-refractivity contribution is -0.318. The number of pyridine rings is 1. The normalized spacial score (nSPS) is 36.7. The number of likely N-dealkylation sites (N-methyl/N-ethyl adjacent to an activating group) is 1. The minimum atomic E-state index is -2.01. The van der Waals surface area contributed by atoms with Crippen molar-refractivity contribution in [3.05, 3.63) is 39.7 Å². The summed E-state index contributed by atoms with van der Waals surface area (Å²) in [5.41, 5.74) is -4.40. The van der Waals surface area contributed by atoms with Gasteiger partial charge in [-0.3, -0.25) is 24.1 Å². The average Bonchev–Trinajstić information content (AvgIpc) is 3.57. The molecule has 1 aromatic carbocycles. The lowest BCUT2D eigenvalue weighted by atomic mass is 9.73. The SMILES string of the molecule is CC[C@H]1OC(=O)[C@H](C)[C@@H](O[C@H]2C[C@@](C)(OC)[C@@H](OC(=O)CCNCCCc3cc4c5c(c3)c(=O)c(C(=O)O)cn5N(C)CO4)[C@H](C)O2)[C@H](C)[C@@H](O[C@@H]2O[C@H](C)C[C@H](N(C)C)[C@H]2O)[C@](C)(O)C[C@@H](C)/C(=N\OCOC)[C@H](C)[C@@H](O)[C@]1(C)O. The summed E-state index contributed by atoms with van der Waals surface area (Å²) < 4.78 is 57.5. The number of carboxylic acids is 1. The Morgan fingerprint density at radius 2 is 1.65 bits per heavy atom. The molecule has 0 unspecified atom stereocenters. The first-order chi connectivity index (χ1) is 38.0. The topological polar surface area (TPSA) is 298 Å². The van der Waals surface area contributed by atoms with Gasteiger partial charge in [0, 0.05) is 64.2 Å². The van der Waals surface area contributed by atoms with Gasteiger partial charge in [0.15, 0.2) is 25.4 Å². The van der Waals surface area contributed by atoms with Crippen LogP contribution in [0.4, 0.5) is 0 Å². The maximum atomic E-state index is 14.7. The monoisotopic (exact) mass is 1150 g/mol. The number of benzene rings is 1. The second kappa shape index (κ2) is 27.4. The van der Waals surface area contributed by atoms with Gasteiger partial charge in [-0.2, -0.15) is 0 Å². The fraction of sp³-hybridized carbons (Fsp3) is 0.772. The van der Waals surface area contributed by atoms with E-state index in [2.05, 4.69) is 10.5 Å². The van der Waals surface area contributed by atoms with E-state index in [-0.39, 0.29) is 74.6 Å². The van der Waals surface area contributed by atoms with Gasteiger partial charge in [-0.15, -0.1) is 0 Å². The van der Waals surface area contributed by atoms with Gasteiger partial charge in [0.2, 0.25) is 12.2 Å². The van der Waals surface area contributed by atoms with Crippen LogP contribution in [0.5, 0.6) is 5.75 Å². The Morgan fingerprint density at radius 1 is 0.951 bits per heavy atom. The molecule has 5 heterocycles. The molecule has 1 aromatic heterocycles. The molecule has 81 heavy (non-hydrogen) atoms. The molecule has 0 spiro atoms. The van der Waals surface area contributed by atoms with Gasteiger partial charge in [-0.25, -0.2) is 4.79 Å². The van der Waals surface area contributed by atoms with Crippen LogP contribution in [0.2, 0.25) is 0 Å². The molecule has 6 rings (SSSR count). The number of oxime groups is 1. The number of nitrogens with zero attached hydrogens (tertiary/aromatic N) is 4. The second-order valence-corrected chi connectivity index (χ2v) is 23.6. The standard InChI is InChI=1S/C57H91N5O19/c1-16-41-57(10,71)49(66)32(4)44(59-75-29-72-14)30(2)25-55(8,70)50(81-54-47(65)39(60(11)12)22-31(3)76-54)33(5)48(34(6)53(69)78-41)80-43-26-56(9,73-15)51(35(7)77-43)79-42(63)19-21-58-20-17-18-36-23-37-45-40(24-36)74-28-61(13)62(45)27-38(46(37)64)52(67)68/h23-24,27,30-35,39,41,43,47-51,54,58,65-66,70-71H,16-22,25-26,28-29H2,1-15H3,(H,67,68)/b59-44+/t30-,31-,32+,33+,34-,35+,39+,41-,43+,47-,48+,49-,50-,51+,54+,55-,56-,57-/m1/s1. The van der Waals surface area contributed by atoms with E-state index in [9.17, 15) is 44.7 Å². The number of carboxylic acid groups (broad SMARTS) is 1. The van der Waals surface area contributed by atoms with E-state index >= 15 is 0 Å². The zero-order chi connectivity index (χ0) is 60.1. The van der Waals surface area contributed by atoms with Crippen LogP contribution in [-0.4, -0.2) is 205 Å². The van der Waals surface area contributed by atoms with E-state index < -0.39 is 119 Å². The number of ether oxygens (including phenoxy) is 9. The zero-order valence-electron chi connectivity index (χ0n) is 49.9. The highest BCUT2D eigenvalue weighted by molar-refractivity contribution is 5.95. The molecular formula is C57H91N5O19. The Kier molecular flexibility index (Phi) is 22.2. The minimum absolute atomic E-state index is 0.00180. The van der Waals surface area contributed by atoms with Gasteiger partial charge < -0.3 is 83.2 Å². The number of aromatic carboxylic acids is 1. The summed E-state index contributed by atoms with van der Waals surface area (Å²) in [5.74, 6) is -5.76. The fourth-order valence-electron chi connectivity index (χ4n) is 12.3. The number of hydrogen-bond donors (Lipinski definition) is 6. The molecule has 2 aromatic rings. The van der Waals surface area contributed by atoms with Gasteiger partial charge in [0.05, 0.1) is 59.6 Å². The number of methoxy groups -OCH3 is 2. The first-order valence-corrected chi connectivity index (χ1v) is 28.2. The number of carbonyl (C=O) groups excluding carboxylic acids is 2. The third-order valence-corrected chi connectivity index (χ3v) is 16.8. The molecule has 4 aliphatic heterocycles. The number of rotatable bonds is 19. The molecule has 3 saturated heterocycles. The van der Waals surface area contributed by atoms with Gasteiger partial charge >= 0.3 is 17.9 Å². The van der Waals surface area contributed by atoms with E-state index in [0.29, 0.717) is 37.1 Å². The summed E-state index contributed by atoms with van der Waals surface area (Å²) in [6, 6.07) is 3.17. The lowest BCUT2D eigenvalue weighted by Crippen LogP contribution is -2.61. The van der Waals surface area contributed by atoms with Crippen LogP contribution in [0.3, 0.4) is 0 Å². The Labute approximate surface area is 475 Å². The molecule has 0 aliphatic carbocycles. The maximum absolute atomic E-state index is 14.7. The molecule has 4 aliphatic rings. The summed E-state index contributed by atoms with van der Waals surface area (Å²) in [7, 11) is 8.34. The van der Waals surface area contributed by atoms with E-state index in [1.165, 1.54) is 27.3 Å². The van der Waals surface area contributed by atoms with Crippen LogP contribution in [0.1, 0.15) is 124 Å². The Hall–Kier alpha value is -4.57. The highest BCUT2D eigenvalue weighted by Gasteiger charge is 2.54. The van der Waals surface area contributed by atoms with Gasteiger partial charge in [-0.05, 0) is 112 Å². The van der Waals surface area contributed by atoms with Crippen LogP contribution in [0, 0.1) is 23.7 Å². The number of aryl methyl sites for hydroxylation is 1. The van der Waals surface area contributed by atoms with Crippen molar-refractivity contribution in [3.8, 4) is 5.75 Å². The lowest BCUT2D eigenvalue weighted by Gasteiger charge is -2.49. The third kappa shape index (κ3) is 14.9. The summed E-state index contributed by atoms with van der Waals surface area (Å²) >= 11 is 0. The predicted molar refractivity (Wildman–Crippen MR) is 296 cm³/mol. The Morgan fingerprint density at radius 3 is 2.30 bits per heavy atom. The van der Waals surface area contributed by atoms with Crippen LogP contribution in [-0.2, 0) is 58.7 Å². The quantitative estimate of drug-likeness (QED) is 0.0509. The van der Waals surface area contributed by atoms with Crippen molar-refractivity contribution in [1.82, 2.24) is 14.9 Å². The van der Waals surface area contributed by atoms with Crippen molar-refractivity contribution in [1.29, 1.82) is 0 Å². The number of aliphatic hydroxyl groups is 4. The number of aromatic nitrogens is 1. The van der Waals surface area contributed by atoms with E-state index in [1.54, 1.807) is 78.2 Å². The van der Waals surface area contributed by atoms with Crippen LogP contribution in [0.25, 0.3) is 10.9 Å². The average molecular weight is 1150 g/mol. The molecular weight excluding hydrogens is 1060 g/mol. The second-order valence-electron chi connectivity index (χ2n) is 23.6. The number of esters is 2. The molecule has 0 saturated carbocycles. The third-order valence-electron chi connectivity index (χ3n) is 16.8. The van der Waals surface area contributed by atoms with Crippen molar-refractivity contribution < 1.29 is 87.4 Å². The summed E-state index contributed by atoms with van der Waals surface area (Å²) in [5, 5.41) is 68.1. The van der Waals surface area contributed by atoms with Crippen LogP contribution >= 0.6 is 0 Å². The van der Waals surface area contributed by atoms with Gasteiger partial charge in [0.1, 0.15) is 40.2 Å². The first kappa shape index (κ1) is 65.6. The Bertz CT molecular complexity index is 2560. The fourth-order valence-corrected chi connectivity index (χ4v) is 12.3. The van der Waals surface area contributed by atoms with Crippen molar-refractivity contribution in [2.45, 2.75) is 198 Å². The van der Waals surface area contributed by atoms with Crippen molar-refractivity contribution in [2.75, 3.05) is 67.0 Å². The number of cyclic esters (lactones) is 1. The molecule has 18 atom stereocenters. The summed E-state index contributed by atoms with van der Waals surface area (Å²) in [6.07, 6.45) is -7.81. The molecule has 3 fully saturated rings. The van der Waals surface area contributed by atoms with Crippen molar-refractivity contribution in [2.24, 2.45) is 28.8 Å². The molecule has 24 heteroatoms. The smallest absolute Gasteiger partial charge is 0.341 e. The summed E-state index contributed by atoms with van der Waals surface area (Å²) in [6.45, 7) is 17.6. The highest BCUT2D eigenvalue weighted by atomic mass is 16.7. The molecule has 458 valence electrons. The van der Waals surface area contributed by atoms with Gasteiger partial charge in [0.25, 0.3) is 0 Å². The Balaban J connectivity index is 1.20. The van der Waals surface area contributed by atoms with E-state index in [4.69, 9.17) is 47.5 Å². The first-order valence-electron chi connectivity index (χ1n) is 28.2. The molecule has 24 nitrogen and oxygen atoms in total. The number of nitrogens with one attached hydrogen (secondary N) is 1. The predicted octanol–water partition coefficient (Wildman–Crippen LogP) is 3.29. The largest absolute Gasteiger partial charge is 0.477 e. The molecule has 0 bridgehead atoms. The molecule has 6 N–H and O–H groups in total. The number of aliphatic hydroxyl groups excluding tert-OH is 2. The van der Waals surface area contributed by atoms with Crippen LogP contribution in [0.15, 0.2) is 28.3 Å². The number of carbonyl (C=O) groups is 3. The molecule has 0 amide bonds.